The summed E-state index contributed by atoms with van der Waals surface area (Å²) in [4.78, 5) is 10.8. The molecule has 1 rings (SSSR count). The zero-order valence-electron chi connectivity index (χ0n) is 6.30. The number of carbonyl (C=O) groups is 1. The lowest BCUT2D eigenvalue weighted by atomic mass is 10.2. The molecular weight excluding hydrogens is 243 g/mol. The molecule has 1 aromatic rings. The molecule has 2 nitrogen and oxygen atoms in total. The van der Waals surface area contributed by atoms with Crippen LogP contribution in [0.3, 0.4) is 0 Å². The van der Waals surface area contributed by atoms with E-state index in [0.717, 1.165) is 0 Å². The van der Waals surface area contributed by atoms with Gasteiger partial charge in [-0.3, -0.25) is 4.79 Å². The molecule has 0 fully saturated rings. The van der Waals surface area contributed by atoms with Crippen molar-refractivity contribution in [2.75, 3.05) is 7.11 Å². The van der Waals surface area contributed by atoms with Crippen molar-refractivity contribution in [3.63, 3.8) is 0 Å². The molecule has 1 aromatic carbocycles. The van der Waals surface area contributed by atoms with Gasteiger partial charge in [0.25, 0.3) is 5.24 Å². The summed E-state index contributed by atoms with van der Waals surface area (Å²) in [5, 5.41) is -0.499. The predicted octanol–water partition coefficient (Wildman–Crippen LogP) is 2.84. The topological polar surface area (TPSA) is 26.3 Å². The van der Waals surface area contributed by atoms with Crippen molar-refractivity contribution < 1.29 is 9.53 Å². The molecule has 0 radical (unpaired) electrons. The van der Waals surface area contributed by atoms with E-state index >= 15 is 0 Å². The fraction of sp³-hybridized carbons (Fsp3) is 0.125. The number of benzene rings is 1. The van der Waals surface area contributed by atoms with Crippen LogP contribution in [0.2, 0.25) is 0 Å². The number of rotatable bonds is 2. The summed E-state index contributed by atoms with van der Waals surface area (Å²) in [6.45, 7) is 0. The largest absolute Gasteiger partial charge is 0.496 e. The molecule has 0 atom stereocenters. The monoisotopic (exact) mass is 248 g/mol. The maximum Gasteiger partial charge on any atom is 0.253 e. The molecule has 0 amide bonds. The molecular formula is C8H6BrClO2. The number of halogens is 2. The molecule has 64 valence electrons. The van der Waals surface area contributed by atoms with Crippen molar-refractivity contribution in [2.45, 2.75) is 0 Å². The Morgan fingerprint density at radius 2 is 2.25 bits per heavy atom. The summed E-state index contributed by atoms with van der Waals surface area (Å²) in [6.07, 6.45) is 0. The minimum absolute atomic E-state index is 0.413. The fourth-order valence-electron chi connectivity index (χ4n) is 0.820. The number of hydrogen-bond acceptors (Lipinski definition) is 2. The van der Waals surface area contributed by atoms with E-state index in [4.69, 9.17) is 16.3 Å². The van der Waals surface area contributed by atoms with Crippen LogP contribution in [-0.2, 0) is 0 Å². The van der Waals surface area contributed by atoms with E-state index in [1.54, 1.807) is 18.2 Å². The lowest BCUT2D eigenvalue weighted by molar-refractivity contribution is 0.108. The maximum atomic E-state index is 10.8. The van der Waals surface area contributed by atoms with E-state index in [0.29, 0.717) is 15.8 Å². The Hall–Kier alpha value is -0.540. The summed E-state index contributed by atoms with van der Waals surface area (Å²) in [5.74, 6) is 0.599. The highest BCUT2D eigenvalue weighted by Crippen LogP contribution is 2.28. The predicted molar refractivity (Wildman–Crippen MR) is 50.9 cm³/mol. The van der Waals surface area contributed by atoms with Gasteiger partial charge in [-0.2, -0.15) is 0 Å². The third-order valence-corrected chi connectivity index (χ3v) is 2.42. The molecule has 0 aromatic heterocycles. The number of carbonyl (C=O) groups excluding carboxylic acids is 1. The molecule has 0 aliphatic heterocycles. The normalized spacial score (nSPS) is 9.58. The molecule has 12 heavy (non-hydrogen) atoms. The van der Waals surface area contributed by atoms with E-state index in [2.05, 4.69) is 15.9 Å². The van der Waals surface area contributed by atoms with Crippen LogP contribution in [0, 0.1) is 0 Å². The Morgan fingerprint density at radius 3 is 2.75 bits per heavy atom. The van der Waals surface area contributed by atoms with Gasteiger partial charge in [0.05, 0.1) is 17.1 Å². The number of hydrogen-bond donors (Lipinski definition) is 0. The van der Waals surface area contributed by atoms with Crippen LogP contribution in [-0.4, -0.2) is 12.4 Å². The summed E-state index contributed by atoms with van der Waals surface area (Å²) in [6, 6.07) is 5.08. The quantitative estimate of drug-likeness (QED) is 0.754. The van der Waals surface area contributed by atoms with Gasteiger partial charge in [0, 0.05) is 0 Å². The van der Waals surface area contributed by atoms with Gasteiger partial charge in [-0.05, 0) is 39.7 Å². The Bertz CT molecular complexity index is 312. The highest BCUT2D eigenvalue weighted by molar-refractivity contribution is 9.10. The lowest BCUT2D eigenvalue weighted by Crippen LogP contribution is -1.93. The molecule has 0 saturated carbocycles. The minimum Gasteiger partial charge on any atom is -0.496 e. The van der Waals surface area contributed by atoms with Crippen molar-refractivity contribution in [2.24, 2.45) is 0 Å². The van der Waals surface area contributed by atoms with E-state index in [-0.39, 0.29) is 0 Å². The average molecular weight is 249 g/mol. The van der Waals surface area contributed by atoms with Crippen LogP contribution < -0.4 is 4.74 Å². The molecule has 0 spiro atoms. The van der Waals surface area contributed by atoms with Gasteiger partial charge in [-0.15, -0.1) is 0 Å². The first kappa shape index (κ1) is 9.55. The van der Waals surface area contributed by atoms with Crippen LogP contribution in [0.25, 0.3) is 0 Å². The SMILES string of the molecule is COc1cccc(C(=O)Cl)c1Br. The van der Waals surface area contributed by atoms with Crippen LogP contribution in [0.15, 0.2) is 22.7 Å². The van der Waals surface area contributed by atoms with Gasteiger partial charge in [0.2, 0.25) is 0 Å². The second-order valence-electron chi connectivity index (χ2n) is 2.10. The van der Waals surface area contributed by atoms with E-state index < -0.39 is 5.24 Å². The lowest BCUT2D eigenvalue weighted by Gasteiger charge is -2.04. The Kier molecular flexibility index (Phi) is 3.12. The first-order chi connectivity index (χ1) is 5.66. The Labute approximate surface area is 83.6 Å². The summed E-state index contributed by atoms with van der Waals surface area (Å²) in [7, 11) is 1.53. The smallest absolute Gasteiger partial charge is 0.253 e. The zero-order valence-corrected chi connectivity index (χ0v) is 8.65. The van der Waals surface area contributed by atoms with Crippen LogP contribution in [0.4, 0.5) is 0 Å². The van der Waals surface area contributed by atoms with Crippen molar-refractivity contribution >= 4 is 32.8 Å². The second kappa shape index (κ2) is 3.92. The minimum atomic E-state index is -0.499. The van der Waals surface area contributed by atoms with Crippen molar-refractivity contribution in [1.82, 2.24) is 0 Å². The van der Waals surface area contributed by atoms with Gasteiger partial charge < -0.3 is 4.74 Å². The standard InChI is InChI=1S/C8H6BrClO2/c1-12-6-4-2-3-5(7(6)9)8(10)11/h2-4H,1H3. The molecule has 4 heteroatoms. The first-order valence-corrected chi connectivity index (χ1v) is 4.36. The van der Waals surface area contributed by atoms with E-state index in [9.17, 15) is 4.79 Å². The highest BCUT2D eigenvalue weighted by Gasteiger charge is 2.10. The van der Waals surface area contributed by atoms with Gasteiger partial charge in [-0.25, -0.2) is 0 Å². The third-order valence-electron chi connectivity index (χ3n) is 1.39. The zero-order chi connectivity index (χ0) is 9.14. The van der Waals surface area contributed by atoms with E-state index in [1.165, 1.54) is 7.11 Å². The first-order valence-electron chi connectivity index (χ1n) is 3.19. The molecule has 0 unspecified atom stereocenters. The molecule has 0 saturated heterocycles. The van der Waals surface area contributed by atoms with Crippen LogP contribution >= 0.6 is 27.5 Å². The maximum absolute atomic E-state index is 10.8. The van der Waals surface area contributed by atoms with Crippen LogP contribution in [0.5, 0.6) is 5.75 Å². The summed E-state index contributed by atoms with van der Waals surface area (Å²) >= 11 is 8.52. The van der Waals surface area contributed by atoms with Crippen molar-refractivity contribution in [1.29, 1.82) is 0 Å². The molecule has 0 aliphatic rings. The molecule has 0 N–H and O–H groups in total. The van der Waals surface area contributed by atoms with Gasteiger partial charge >= 0.3 is 0 Å². The van der Waals surface area contributed by atoms with Gasteiger partial charge in [0.1, 0.15) is 5.75 Å². The number of methoxy groups -OCH3 is 1. The van der Waals surface area contributed by atoms with Crippen molar-refractivity contribution in [3.05, 3.63) is 28.2 Å². The average Bonchev–Trinajstić information content (AvgIpc) is 2.04. The van der Waals surface area contributed by atoms with Gasteiger partial charge in [-0.1, -0.05) is 6.07 Å². The fourth-order valence-corrected chi connectivity index (χ4v) is 1.70. The Balaban J connectivity index is 3.23. The molecule has 0 heterocycles. The summed E-state index contributed by atoms with van der Waals surface area (Å²) < 4.78 is 5.57. The second-order valence-corrected chi connectivity index (χ2v) is 3.23. The van der Waals surface area contributed by atoms with Gasteiger partial charge in [0.15, 0.2) is 0 Å². The van der Waals surface area contributed by atoms with E-state index in [1.807, 2.05) is 0 Å². The Morgan fingerprint density at radius 1 is 1.58 bits per heavy atom. The number of ether oxygens (including phenoxy) is 1. The molecule has 0 bridgehead atoms. The highest BCUT2D eigenvalue weighted by atomic mass is 79.9. The third kappa shape index (κ3) is 1.79. The van der Waals surface area contributed by atoms with Crippen molar-refractivity contribution in [3.8, 4) is 5.75 Å². The van der Waals surface area contributed by atoms with Crippen LogP contribution in [0.1, 0.15) is 10.4 Å². The summed E-state index contributed by atoms with van der Waals surface area (Å²) in [5.41, 5.74) is 0.413. The molecule has 0 aliphatic carbocycles.